The van der Waals surface area contributed by atoms with Gasteiger partial charge in [0, 0.05) is 19.3 Å². The van der Waals surface area contributed by atoms with Crippen molar-refractivity contribution in [2.24, 2.45) is 0 Å². The van der Waals surface area contributed by atoms with E-state index in [4.69, 9.17) is 14.2 Å². The van der Waals surface area contributed by atoms with Crippen LogP contribution in [0.5, 0.6) is 0 Å². The van der Waals surface area contributed by atoms with E-state index in [1.807, 2.05) is 0 Å². The molecule has 6 heteroatoms. The van der Waals surface area contributed by atoms with E-state index in [0.717, 1.165) is 141 Å². The van der Waals surface area contributed by atoms with Crippen LogP contribution in [0.25, 0.3) is 0 Å². The molecule has 0 aliphatic rings. The molecule has 0 N–H and O–H groups in total. The van der Waals surface area contributed by atoms with Gasteiger partial charge in [0.2, 0.25) is 0 Å². The fraction of sp³-hybridized carbons (Fsp3) is 0.678. The number of carbonyl (C=O) groups is 3. The molecule has 0 saturated carbocycles. The molecule has 0 aromatic rings. The van der Waals surface area contributed by atoms with Crippen LogP contribution in [-0.4, -0.2) is 37.2 Å². The molecule has 0 rings (SSSR count). The molecule has 0 aromatic carbocycles. The van der Waals surface area contributed by atoms with Gasteiger partial charge in [0.05, 0.1) is 0 Å². The van der Waals surface area contributed by atoms with Crippen LogP contribution in [-0.2, 0) is 28.6 Å². The van der Waals surface area contributed by atoms with Crippen molar-refractivity contribution in [3.63, 3.8) is 0 Å². The van der Waals surface area contributed by atoms with Crippen LogP contribution in [0.3, 0.4) is 0 Å². The summed E-state index contributed by atoms with van der Waals surface area (Å²) in [6, 6.07) is 0. The Kier molecular flexibility index (Phi) is 50.0. The highest BCUT2D eigenvalue weighted by atomic mass is 16.6. The molecule has 0 saturated heterocycles. The fourth-order valence-electron chi connectivity index (χ4n) is 7.09. The van der Waals surface area contributed by atoms with Crippen molar-refractivity contribution >= 4 is 17.9 Å². The van der Waals surface area contributed by atoms with Crippen molar-refractivity contribution < 1.29 is 28.6 Å². The molecule has 370 valence electrons. The lowest BCUT2D eigenvalue weighted by Crippen LogP contribution is -2.30. The molecule has 0 bridgehead atoms. The minimum absolute atomic E-state index is 0.0945. The normalized spacial score (nSPS) is 12.8. The zero-order valence-electron chi connectivity index (χ0n) is 42.2. The van der Waals surface area contributed by atoms with E-state index in [2.05, 4.69) is 118 Å². The van der Waals surface area contributed by atoms with Crippen molar-refractivity contribution in [1.29, 1.82) is 0 Å². The second kappa shape index (κ2) is 52.9. The topological polar surface area (TPSA) is 78.9 Å². The summed E-state index contributed by atoms with van der Waals surface area (Å²) >= 11 is 0. The molecular formula is C59H98O6. The van der Waals surface area contributed by atoms with Crippen molar-refractivity contribution in [3.05, 3.63) is 97.2 Å². The molecule has 0 aliphatic heterocycles. The minimum atomic E-state index is -0.797. The van der Waals surface area contributed by atoms with Crippen LogP contribution in [0.1, 0.15) is 239 Å². The number of unbranched alkanes of at least 4 members (excludes halogenated alkanes) is 20. The van der Waals surface area contributed by atoms with Gasteiger partial charge in [0.25, 0.3) is 0 Å². The van der Waals surface area contributed by atoms with Gasteiger partial charge >= 0.3 is 17.9 Å². The van der Waals surface area contributed by atoms with Gasteiger partial charge in [-0.3, -0.25) is 14.4 Å². The second-order valence-electron chi connectivity index (χ2n) is 17.4. The first kappa shape index (κ1) is 61.3. The van der Waals surface area contributed by atoms with Gasteiger partial charge in [0.15, 0.2) is 6.10 Å². The number of allylic oxidation sites excluding steroid dienone is 16. The van der Waals surface area contributed by atoms with E-state index in [0.29, 0.717) is 19.3 Å². The molecule has 65 heavy (non-hydrogen) atoms. The zero-order valence-corrected chi connectivity index (χ0v) is 42.2. The van der Waals surface area contributed by atoms with Gasteiger partial charge < -0.3 is 14.2 Å². The summed E-state index contributed by atoms with van der Waals surface area (Å²) in [7, 11) is 0. The molecule has 0 fully saturated rings. The van der Waals surface area contributed by atoms with Crippen LogP contribution >= 0.6 is 0 Å². The lowest BCUT2D eigenvalue weighted by Gasteiger charge is -2.18. The largest absolute Gasteiger partial charge is 0.462 e. The lowest BCUT2D eigenvalue weighted by atomic mass is 10.1. The van der Waals surface area contributed by atoms with Gasteiger partial charge in [-0.15, -0.1) is 0 Å². The third kappa shape index (κ3) is 51.2. The highest BCUT2D eigenvalue weighted by Crippen LogP contribution is 2.14. The standard InChI is InChI=1S/C59H98O6/c1-4-7-10-13-16-19-22-25-27-28-29-30-32-34-37-40-43-46-49-52-58(61)64-55-56(54-63-57(60)51-48-45-42-39-36-33-24-21-18-15-12-9-6-3)65-59(62)53-50-47-44-41-38-35-31-26-23-20-17-14-11-8-5-2/h7-8,10-11,16-17,19-21,24-27,29-31,56H,4-6,9,12-15,18,22-23,28,32-55H2,1-3H3/b10-7-,11-8-,19-16-,20-17-,24-21-,27-25-,30-29-,31-26-. The third-order valence-electron chi connectivity index (χ3n) is 11.1. The number of hydrogen-bond donors (Lipinski definition) is 0. The average molecular weight is 903 g/mol. The Labute approximate surface area is 400 Å². The third-order valence-corrected chi connectivity index (χ3v) is 11.1. The van der Waals surface area contributed by atoms with E-state index >= 15 is 0 Å². The summed E-state index contributed by atoms with van der Waals surface area (Å²) in [5, 5.41) is 0. The predicted octanol–water partition coefficient (Wildman–Crippen LogP) is 17.8. The van der Waals surface area contributed by atoms with Crippen LogP contribution in [0.15, 0.2) is 97.2 Å². The highest BCUT2D eigenvalue weighted by Gasteiger charge is 2.19. The fourth-order valence-corrected chi connectivity index (χ4v) is 7.09. The Hall–Kier alpha value is -3.67. The smallest absolute Gasteiger partial charge is 0.306 e. The monoisotopic (exact) mass is 903 g/mol. The summed E-state index contributed by atoms with van der Waals surface area (Å²) in [6.07, 6.45) is 69.6. The summed E-state index contributed by atoms with van der Waals surface area (Å²) in [4.78, 5) is 38.0. The van der Waals surface area contributed by atoms with Gasteiger partial charge in [-0.05, 0) is 116 Å². The molecule has 0 spiro atoms. The quantitative estimate of drug-likeness (QED) is 0.0262. The molecule has 0 radical (unpaired) electrons. The predicted molar refractivity (Wildman–Crippen MR) is 279 cm³/mol. The summed E-state index contributed by atoms with van der Waals surface area (Å²) < 4.78 is 16.8. The lowest BCUT2D eigenvalue weighted by molar-refractivity contribution is -0.167. The molecule has 1 unspecified atom stereocenters. The first-order valence-electron chi connectivity index (χ1n) is 26.7. The van der Waals surface area contributed by atoms with Crippen LogP contribution in [0.4, 0.5) is 0 Å². The summed E-state index contributed by atoms with van der Waals surface area (Å²) in [5.74, 6) is -0.935. The van der Waals surface area contributed by atoms with Crippen molar-refractivity contribution in [2.75, 3.05) is 13.2 Å². The maximum atomic E-state index is 12.8. The van der Waals surface area contributed by atoms with E-state index in [1.165, 1.54) is 57.8 Å². The van der Waals surface area contributed by atoms with E-state index in [1.54, 1.807) is 0 Å². The first-order chi connectivity index (χ1) is 32.0. The summed E-state index contributed by atoms with van der Waals surface area (Å²) in [6.45, 7) is 6.36. The number of ether oxygens (including phenoxy) is 3. The highest BCUT2D eigenvalue weighted by molar-refractivity contribution is 5.71. The number of esters is 3. The molecule has 0 amide bonds. The van der Waals surface area contributed by atoms with E-state index < -0.39 is 6.10 Å². The summed E-state index contributed by atoms with van der Waals surface area (Å²) in [5.41, 5.74) is 0. The molecule has 1 atom stereocenters. The maximum absolute atomic E-state index is 12.8. The number of rotatable bonds is 47. The van der Waals surface area contributed by atoms with Gasteiger partial charge in [0.1, 0.15) is 13.2 Å². The number of carbonyl (C=O) groups excluding carboxylic acids is 3. The van der Waals surface area contributed by atoms with Crippen LogP contribution in [0, 0.1) is 0 Å². The van der Waals surface area contributed by atoms with Crippen molar-refractivity contribution in [1.82, 2.24) is 0 Å². The van der Waals surface area contributed by atoms with Gasteiger partial charge in [-0.2, -0.15) is 0 Å². The first-order valence-corrected chi connectivity index (χ1v) is 26.7. The van der Waals surface area contributed by atoms with Gasteiger partial charge in [-0.1, -0.05) is 201 Å². The Balaban J connectivity index is 4.44. The van der Waals surface area contributed by atoms with Crippen molar-refractivity contribution in [2.45, 2.75) is 245 Å². The zero-order chi connectivity index (χ0) is 47.2. The SMILES string of the molecule is CC/C=C\C/C=C\C/C=C\C/C=C\CCCCCCCCC(=O)OCC(COC(=O)CCCCCCC/C=C\CCCCCC)OC(=O)CCCCCCC/C=C\C/C=C\C/C=C\CC. The molecule has 0 aliphatic carbocycles. The van der Waals surface area contributed by atoms with Gasteiger partial charge in [-0.25, -0.2) is 0 Å². The molecule has 0 aromatic heterocycles. The van der Waals surface area contributed by atoms with Crippen LogP contribution < -0.4 is 0 Å². The van der Waals surface area contributed by atoms with E-state index in [9.17, 15) is 14.4 Å². The Morgan fingerprint density at radius 3 is 0.954 bits per heavy atom. The molecule has 6 nitrogen and oxygen atoms in total. The molecule has 0 heterocycles. The average Bonchev–Trinajstić information content (AvgIpc) is 3.30. The van der Waals surface area contributed by atoms with Crippen molar-refractivity contribution in [3.8, 4) is 0 Å². The number of hydrogen-bond acceptors (Lipinski definition) is 6. The Morgan fingerprint density at radius 1 is 0.323 bits per heavy atom. The van der Waals surface area contributed by atoms with Crippen LogP contribution in [0.2, 0.25) is 0 Å². The Morgan fingerprint density at radius 2 is 0.600 bits per heavy atom. The Bertz CT molecular complexity index is 1310. The maximum Gasteiger partial charge on any atom is 0.306 e. The van der Waals surface area contributed by atoms with E-state index in [-0.39, 0.29) is 31.1 Å². The molecular weight excluding hydrogens is 805 g/mol. The minimum Gasteiger partial charge on any atom is -0.462 e. The second-order valence-corrected chi connectivity index (χ2v) is 17.4.